The first-order chi connectivity index (χ1) is 9.21. The number of ether oxygens (including phenoxy) is 1. The average Bonchev–Trinajstić information content (AvgIpc) is 2.41. The topological polar surface area (TPSA) is 102 Å². The number of rotatable bonds is 5. The molecule has 1 saturated heterocycles. The number of aromatic nitrogens is 2. The largest absolute Gasteiger partial charge is 0.377 e. The molecule has 19 heavy (non-hydrogen) atoms. The quantitative estimate of drug-likeness (QED) is 0.526. The molecule has 1 aliphatic heterocycles. The lowest BCUT2D eigenvalue weighted by atomic mass is 10.1. The van der Waals surface area contributed by atoms with Crippen molar-refractivity contribution in [2.45, 2.75) is 25.5 Å². The number of nitrogens with one attached hydrogen (secondary N) is 2. The molecule has 0 unspecified atom stereocenters. The Morgan fingerprint density at radius 3 is 2.74 bits per heavy atom. The first-order valence-corrected chi connectivity index (χ1v) is 7.65. The number of nitrogens with zero attached hydrogens (tertiary/aromatic N) is 2. The Morgan fingerprint density at radius 1 is 1.42 bits per heavy atom. The van der Waals surface area contributed by atoms with Crippen molar-refractivity contribution in [3.8, 4) is 0 Å². The molecule has 0 aromatic carbocycles. The lowest BCUT2D eigenvalue weighted by molar-refractivity contribution is 0.178. The summed E-state index contributed by atoms with van der Waals surface area (Å²) in [6, 6.07) is 2.05. The molecule has 0 radical (unpaired) electrons. The SMILES string of the molecule is COCc1nc(NN)cc(NC2CCS(=O)CC2)n1. The van der Waals surface area contributed by atoms with E-state index < -0.39 is 10.8 Å². The zero-order valence-corrected chi connectivity index (χ0v) is 11.7. The molecule has 0 spiro atoms. The number of hydrogen-bond donors (Lipinski definition) is 3. The molecule has 0 saturated carbocycles. The van der Waals surface area contributed by atoms with Crippen molar-refractivity contribution in [3.63, 3.8) is 0 Å². The van der Waals surface area contributed by atoms with Crippen LogP contribution in [-0.2, 0) is 22.1 Å². The Hall–Kier alpha value is -1.25. The normalized spacial score (nSPS) is 23.1. The van der Waals surface area contributed by atoms with Crippen molar-refractivity contribution in [3.05, 3.63) is 11.9 Å². The van der Waals surface area contributed by atoms with Crippen molar-refractivity contribution >= 4 is 22.4 Å². The Morgan fingerprint density at radius 2 is 2.11 bits per heavy atom. The molecule has 1 fully saturated rings. The molecule has 0 bridgehead atoms. The van der Waals surface area contributed by atoms with E-state index in [1.54, 1.807) is 13.2 Å². The summed E-state index contributed by atoms with van der Waals surface area (Å²) in [6.07, 6.45) is 1.78. The van der Waals surface area contributed by atoms with E-state index in [9.17, 15) is 4.21 Å². The molecule has 1 aromatic heterocycles. The highest BCUT2D eigenvalue weighted by Crippen LogP contribution is 2.17. The van der Waals surface area contributed by atoms with Gasteiger partial charge in [-0.1, -0.05) is 0 Å². The van der Waals surface area contributed by atoms with Gasteiger partial charge in [0, 0.05) is 41.5 Å². The van der Waals surface area contributed by atoms with Crippen molar-refractivity contribution in [2.75, 3.05) is 29.4 Å². The van der Waals surface area contributed by atoms with Gasteiger partial charge in [-0.2, -0.15) is 0 Å². The Kier molecular flexibility index (Phi) is 5.06. The van der Waals surface area contributed by atoms with Crippen LogP contribution in [0.1, 0.15) is 18.7 Å². The van der Waals surface area contributed by atoms with Crippen LogP contribution in [0.25, 0.3) is 0 Å². The molecule has 4 N–H and O–H groups in total. The third-order valence-corrected chi connectivity index (χ3v) is 4.32. The maximum atomic E-state index is 11.3. The van der Waals surface area contributed by atoms with Crippen LogP contribution in [0.3, 0.4) is 0 Å². The predicted octanol–water partition coefficient (Wildman–Crippen LogP) is 0.232. The van der Waals surface area contributed by atoms with Crippen LogP contribution >= 0.6 is 0 Å². The van der Waals surface area contributed by atoms with E-state index >= 15 is 0 Å². The van der Waals surface area contributed by atoms with Crippen LogP contribution in [0.15, 0.2) is 6.07 Å². The van der Waals surface area contributed by atoms with Gasteiger partial charge in [-0.25, -0.2) is 15.8 Å². The Labute approximate surface area is 114 Å². The zero-order valence-electron chi connectivity index (χ0n) is 10.9. The predicted molar refractivity (Wildman–Crippen MR) is 75.1 cm³/mol. The minimum absolute atomic E-state index is 0.300. The number of nitrogen functional groups attached to an aromatic ring is 1. The highest BCUT2D eigenvalue weighted by atomic mass is 32.2. The Balaban J connectivity index is 2.06. The summed E-state index contributed by atoms with van der Waals surface area (Å²) in [7, 11) is 0.935. The lowest BCUT2D eigenvalue weighted by Gasteiger charge is -2.23. The number of hydrogen-bond acceptors (Lipinski definition) is 7. The van der Waals surface area contributed by atoms with Crippen molar-refractivity contribution in [1.82, 2.24) is 9.97 Å². The smallest absolute Gasteiger partial charge is 0.158 e. The first kappa shape index (κ1) is 14.2. The van der Waals surface area contributed by atoms with Gasteiger partial charge >= 0.3 is 0 Å². The molecule has 1 aliphatic rings. The minimum Gasteiger partial charge on any atom is -0.377 e. The van der Waals surface area contributed by atoms with Gasteiger partial charge in [0.2, 0.25) is 0 Å². The molecular formula is C11H19N5O2S. The van der Waals surface area contributed by atoms with Gasteiger partial charge in [-0.05, 0) is 12.8 Å². The monoisotopic (exact) mass is 285 g/mol. The molecule has 106 valence electrons. The van der Waals surface area contributed by atoms with Crippen LogP contribution < -0.4 is 16.6 Å². The molecular weight excluding hydrogens is 266 g/mol. The molecule has 0 amide bonds. The molecule has 0 aliphatic carbocycles. The fourth-order valence-electron chi connectivity index (χ4n) is 1.99. The van der Waals surface area contributed by atoms with Gasteiger partial charge < -0.3 is 15.5 Å². The average molecular weight is 285 g/mol. The fourth-order valence-corrected chi connectivity index (χ4v) is 3.28. The second-order valence-electron chi connectivity index (χ2n) is 4.40. The van der Waals surface area contributed by atoms with Crippen LogP contribution in [0, 0.1) is 0 Å². The maximum absolute atomic E-state index is 11.3. The van der Waals surface area contributed by atoms with E-state index in [2.05, 4.69) is 20.7 Å². The fraction of sp³-hybridized carbons (Fsp3) is 0.636. The summed E-state index contributed by atoms with van der Waals surface area (Å²) in [5.41, 5.74) is 2.52. The van der Waals surface area contributed by atoms with E-state index in [-0.39, 0.29) is 0 Å². The van der Waals surface area contributed by atoms with Crippen molar-refractivity contribution in [1.29, 1.82) is 0 Å². The molecule has 0 atom stereocenters. The standard InChI is InChI=1S/C11H19N5O2S/c1-18-7-11-14-9(6-10(15-11)16-12)13-8-2-4-19(17)5-3-8/h6,8H,2-5,7,12H2,1H3,(H2,13,14,15,16). The van der Waals surface area contributed by atoms with Crippen LogP contribution in [0.4, 0.5) is 11.6 Å². The lowest BCUT2D eigenvalue weighted by Crippen LogP contribution is -2.30. The van der Waals surface area contributed by atoms with E-state index in [0.717, 1.165) is 24.3 Å². The Bertz CT molecular complexity index is 447. The summed E-state index contributed by atoms with van der Waals surface area (Å²) in [5.74, 6) is 8.71. The molecule has 8 heteroatoms. The summed E-state index contributed by atoms with van der Waals surface area (Å²) >= 11 is 0. The summed E-state index contributed by atoms with van der Waals surface area (Å²) < 4.78 is 16.3. The van der Waals surface area contributed by atoms with Gasteiger partial charge in [-0.15, -0.1) is 0 Å². The third-order valence-electron chi connectivity index (χ3n) is 2.93. The van der Waals surface area contributed by atoms with Gasteiger partial charge in [0.15, 0.2) is 5.82 Å². The number of hydrazine groups is 1. The second-order valence-corrected chi connectivity index (χ2v) is 6.09. The first-order valence-electron chi connectivity index (χ1n) is 6.16. The van der Waals surface area contributed by atoms with E-state index in [1.807, 2.05) is 0 Å². The zero-order chi connectivity index (χ0) is 13.7. The van der Waals surface area contributed by atoms with E-state index in [1.165, 1.54) is 0 Å². The maximum Gasteiger partial charge on any atom is 0.158 e. The molecule has 1 aromatic rings. The van der Waals surface area contributed by atoms with Gasteiger partial charge in [0.05, 0.1) is 0 Å². The summed E-state index contributed by atoms with van der Waals surface area (Å²) in [5, 5.41) is 3.34. The van der Waals surface area contributed by atoms with Crippen LogP contribution in [0.2, 0.25) is 0 Å². The number of anilines is 2. The molecule has 2 rings (SSSR count). The van der Waals surface area contributed by atoms with Gasteiger partial charge in [-0.3, -0.25) is 4.21 Å². The van der Waals surface area contributed by atoms with Gasteiger partial charge in [0.1, 0.15) is 18.2 Å². The molecule has 2 heterocycles. The second kappa shape index (κ2) is 6.78. The molecule has 7 nitrogen and oxygen atoms in total. The van der Waals surface area contributed by atoms with Gasteiger partial charge in [0.25, 0.3) is 0 Å². The highest BCUT2D eigenvalue weighted by molar-refractivity contribution is 7.85. The van der Waals surface area contributed by atoms with Crippen LogP contribution in [0.5, 0.6) is 0 Å². The summed E-state index contributed by atoms with van der Waals surface area (Å²) in [4.78, 5) is 8.55. The minimum atomic E-state index is -0.657. The number of methoxy groups -OCH3 is 1. The van der Waals surface area contributed by atoms with E-state index in [4.69, 9.17) is 10.6 Å². The highest BCUT2D eigenvalue weighted by Gasteiger charge is 2.18. The number of nitrogens with two attached hydrogens (primary N) is 1. The third kappa shape index (κ3) is 4.12. The van der Waals surface area contributed by atoms with Crippen LogP contribution in [-0.4, -0.2) is 38.8 Å². The van der Waals surface area contributed by atoms with E-state index in [0.29, 0.717) is 30.1 Å². The van der Waals surface area contributed by atoms with Crippen molar-refractivity contribution < 1.29 is 8.95 Å². The van der Waals surface area contributed by atoms with Crippen molar-refractivity contribution in [2.24, 2.45) is 5.84 Å². The summed E-state index contributed by atoms with van der Waals surface area (Å²) in [6.45, 7) is 0.332.